The summed E-state index contributed by atoms with van der Waals surface area (Å²) in [5.41, 5.74) is 0. The number of halogens is 2. The smallest absolute Gasteiger partial charge is 0.306 e. The Kier molecular flexibility index (Phi) is 4.93. The summed E-state index contributed by atoms with van der Waals surface area (Å²) in [6, 6.07) is 1.79. The van der Waals surface area contributed by atoms with E-state index in [9.17, 15) is 15.0 Å². The number of carboxylic acid groups (broad SMARTS) is 1. The van der Waals surface area contributed by atoms with Crippen LogP contribution in [0.2, 0.25) is 4.34 Å². The summed E-state index contributed by atoms with van der Waals surface area (Å²) < 4.78 is 1.34. The van der Waals surface area contributed by atoms with E-state index in [0.717, 1.165) is 22.2 Å². The maximum Gasteiger partial charge on any atom is 0.306 e. The van der Waals surface area contributed by atoms with E-state index in [1.54, 1.807) is 6.07 Å². The molecule has 0 spiro atoms. The zero-order chi connectivity index (χ0) is 14.2. The molecule has 2 N–H and O–H groups in total. The molecule has 1 aliphatic carbocycles. The fourth-order valence-electron chi connectivity index (χ4n) is 2.87. The summed E-state index contributed by atoms with van der Waals surface area (Å²) in [4.78, 5) is 12.1. The minimum absolute atomic E-state index is 0.218. The van der Waals surface area contributed by atoms with Crippen molar-refractivity contribution in [2.45, 2.75) is 32.3 Å². The highest BCUT2D eigenvalue weighted by molar-refractivity contribution is 9.10. The first-order chi connectivity index (χ1) is 8.93. The van der Waals surface area contributed by atoms with Crippen molar-refractivity contribution < 1.29 is 15.0 Å². The Labute approximate surface area is 129 Å². The van der Waals surface area contributed by atoms with E-state index in [0.29, 0.717) is 16.7 Å². The van der Waals surface area contributed by atoms with E-state index in [2.05, 4.69) is 22.9 Å². The Balaban J connectivity index is 2.21. The van der Waals surface area contributed by atoms with Crippen molar-refractivity contribution in [3.05, 3.63) is 19.8 Å². The highest BCUT2D eigenvalue weighted by Crippen LogP contribution is 2.47. The van der Waals surface area contributed by atoms with Gasteiger partial charge in [-0.3, -0.25) is 4.79 Å². The number of hydrogen-bond acceptors (Lipinski definition) is 3. The summed E-state index contributed by atoms with van der Waals surface area (Å²) in [6.45, 7) is 2.07. The maximum atomic E-state index is 11.3. The number of carboxylic acids is 1. The van der Waals surface area contributed by atoms with Gasteiger partial charge in [-0.25, -0.2) is 0 Å². The number of aliphatic carboxylic acids is 1. The van der Waals surface area contributed by atoms with Crippen molar-refractivity contribution in [2.75, 3.05) is 0 Å². The Bertz CT molecular complexity index is 457. The van der Waals surface area contributed by atoms with Gasteiger partial charge in [0, 0.05) is 15.3 Å². The third-order valence-corrected chi connectivity index (χ3v) is 6.51. The molecule has 6 heteroatoms. The first-order valence-corrected chi connectivity index (χ1v) is 8.28. The molecule has 0 amide bonds. The zero-order valence-electron chi connectivity index (χ0n) is 10.5. The van der Waals surface area contributed by atoms with Gasteiger partial charge < -0.3 is 10.2 Å². The minimum Gasteiger partial charge on any atom is -0.481 e. The van der Waals surface area contributed by atoms with Crippen LogP contribution in [0.3, 0.4) is 0 Å². The molecule has 3 nitrogen and oxygen atoms in total. The van der Waals surface area contributed by atoms with E-state index >= 15 is 0 Å². The standard InChI is InChI=1S/C13H16BrClO3S/c1-2-6-3-7(8(4-6)13(17)18)11(16)10-5-9(14)12(15)19-10/h5-8,11,16H,2-4H2,1H3,(H,17,18). The van der Waals surface area contributed by atoms with Crippen LogP contribution >= 0.6 is 38.9 Å². The number of rotatable bonds is 4. The molecule has 1 saturated carbocycles. The number of hydrogen-bond donors (Lipinski definition) is 2. The van der Waals surface area contributed by atoms with Gasteiger partial charge in [-0.1, -0.05) is 24.9 Å². The molecular weight excluding hydrogens is 352 g/mol. The Morgan fingerprint density at radius 2 is 2.32 bits per heavy atom. The van der Waals surface area contributed by atoms with Gasteiger partial charge in [-0.05, 0) is 40.8 Å². The lowest BCUT2D eigenvalue weighted by Gasteiger charge is -2.21. The van der Waals surface area contributed by atoms with Crippen LogP contribution in [-0.4, -0.2) is 16.2 Å². The van der Waals surface area contributed by atoms with Crippen molar-refractivity contribution in [3.8, 4) is 0 Å². The summed E-state index contributed by atoms with van der Waals surface area (Å²) in [7, 11) is 0. The predicted molar refractivity (Wildman–Crippen MR) is 79.6 cm³/mol. The van der Waals surface area contributed by atoms with Crippen LogP contribution in [0.5, 0.6) is 0 Å². The molecule has 0 bridgehead atoms. The lowest BCUT2D eigenvalue weighted by Crippen LogP contribution is -2.23. The Morgan fingerprint density at radius 1 is 1.63 bits per heavy atom. The molecule has 1 aliphatic rings. The van der Waals surface area contributed by atoms with Gasteiger partial charge in [0.2, 0.25) is 0 Å². The topological polar surface area (TPSA) is 57.5 Å². The second-order valence-electron chi connectivity index (χ2n) is 5.07. The van der Waals surface area contributed by atoms with Crippen molar-refractivity contribution in [3.63, 3.8) is 0 Å². The summed E-state index contributed by atoms with van der Waals surface area (Å²) in [5.74, 6) is -1.09. The summed E-state index contributed by atoms with van der Waals surface area (Å²) in [6.07, 6.45) is 1.64. The molecule has 4 atom stereocenters. The number of thiophene rings is 1. The molecule has 0 aromatic carbocycles. The van der Waals surface area contributed by atoms with Crippen LogP contribution in [0.15, 0.2) is 10.5 Å². The van der Waals surface area contributed by atoms with Crippen LogP contribution in [0.25, 0.3) is 0 Å². The normalized spacial score (nSPS) is 28.5. The van der Waals surface area contributed by atoms with E-state index in [-0.39, 0.29) is 5.92 Å². The van der Waals surface area contributed by atoms with E-state index in [1.165, 1.54) is 11.3 Å². The van der Waals surface area contributed by atoms with Crippen molar-refractivity contribution in [1.29, 1.82) is 0 Å². The van der Waals surface area contributed by atoms with Gasteiger partial charge in [0.1, 0.15) is 4.34 Å². The van der Waals surface area contributed by atoms with Gasteiger partial charge in [-0.2, -0.15) is 0 Å². The quantitative estimate of drug-likeness (QED) is 0.832. The van der Waals surface area contributed by atoms with Gasteiger partial charge in [0.05, 0.1) is 12.0 Å². The van der Waals surface area contributed by atoms with Gasteiger partial charge >= 0.3 is 5.97 Å². The average Bonchev–Trinajstić information content (AvgIpc) is 2.93. The molecule has 19 heavy (non-hydrogen) atoms. The van der Waals surface area contributed by atoms with E-state index < -0.39 is 18.0 Å². The number of aliphatic hydroxyl groups excluding tert-OH is 1. The van der Waals surface area contributed by atoms with E-state index in [1.807, 2.05) is 0 Å². The highest BCUT2D eigenvalue weighted by atomic mass is 79.9. The lowest BCUT2D eigenvalue weighted by atomic mass is 9.90. The van der Waals surface area contributed by atoms with Crippen LogP contribution in [0.4, 0.5) is 0 Å². The Morgan fingerprint density at radius 3 is 2.79 bits per heavy atom. The first-order valence-electron chi connectivity index (χ1n) is 6.29. The van der Waals surface area contributed by atoms with Crippen LogP contribution < -0.4 is 0 Å². The van der Waals surface area contributed by atoms with E-state index in [4.69, 9.17) is 11.6 Å². The van der Waals surface area contributed by atoms with Crippen molar-refractivity contribution in [2.24, 2.45) is 17.8 Å². The minimum atomic E-state index is -0.804. The molecule has 2 rings (SSSR count). The molecule has 1 aromatic heterocycles. The molecule has 0 saturated heterocycles. The molecule has 0 radical (unpaired) electrons. The zero-order valence-corrected chi connectivity index (χ0v) is 13.6. The van der Waals surface area contributed by atoms with Crippen LogP contribution in [0, 0.1) is 17.8 Å². The summed E-state index contributed by atoms with van der Waals surface area (Å²) >= 11 is 10.6. The highest BCUT2D eigenvalue weighted by Gasteiger charge is 2.42. The SMILES string of the molecule is CCC1CC(C(=O)O)C(C(O)c2cc(Br)c(Cl)s2)C1. The lowest BCUT2D eigenvalue weighted by molar-refractivity contribution is -0.144. The Hall–Kier alpha value is -0.100. The molecule has 106 valence electrons. The fraction of sp³-hybridized carbons (Fsp3) is 0.615. The molecule has 1 heterocycles. The van der Waals surface area contributed by atoms with Crippen LogP contribution in [-0.2, 0) is 4.79 Å². The van der Waals surface area contributed by atoms with Crippen molar-refractivity contribution >= 4 is 44.8 Å². The average molecular weight is 368 g/mol. The van der Waals surface area contributed by atoms with Crippen molar-refractivity contribution in [1.82, 2.24) is 0 Å². The molecule has 1 aromatic rings. The van der Waals surface area contributed by atoms with Gasteiger partial charge in [0.15, 0.2) is 0 Å². The number of carbonyl (C=O) groups is 1. The fourth-order valence-corrected chi connectivity index (χ4v) is 4.66. The van der Waals surface area contributed by atoms with Crippen LogP contribution in [0.1, 0.15) is 37.2 Å². The third kappa shape index (κ3) is 3.15. The number of aliphatic hydroxyl groups is 1. The largest absolute Gasteiger partial charge is 0.481 e. The molecular formula is C13H16BrClO3S. The first kappa shape index (κ1) is 15.3. The van der Waals surface area contributed by atoms with Gasteiger partial charge in [0.25, 0.3) is 0 Å². The third-order valence-electron chi connectivity index (χ3n) is 3.97. The molecule has 0 aliphatic heterocycles. The second-order valence-corrected chi connectivity index (χ2v) is 7.61. The predicted octanol–water partition coefficient (Wildman–Crippen LogP) is 4.33. The summed E-state index contributed by atoms with van der Waals surface area (Å²) in [5, 5.41) is 19.8. The molecule has 1 fully saturated rings. The van der Waals surface area contributed by atoms with Gasteiger partial charge in [-0.15, -0.1) is 11.3 Å². The molecule has 4 unspecified atom stereocenters. The second kappa shape index (κ2) is 6.12. The monoisotopic (exact) mass is 366 g/mol. The maximum absolute atomic E-state index is 11.3.